The average Bonchev–Trinajstić information content (AvgIpc) is 3.39. The lowest BCUT2D eigenvalue weighted by atomic mass is 10.1. The van der Waals surface area contributed by atoms with Crippen LogP contribution in [0.1, 0.15) is 69.3 Å². The second-order valence-electron chi connectivity index (χ2n) is 11.5. The number of carbonyl (C=O) groups is 1. The average molecular weight is 587 g/mol. The van der Waals surface area contributed by atoms with Crippen LogP contribution in [0.2, 0.25) is 0 Å². The molecule has 0 aliphatic carbocycles. The number of nitrogens with zero attached hydrogens (tertiary/aromatic N) is 3. The second kappa shape index (κ2) is 14.1. The van der Waals surface area contributed by atoms with Crippen LogP contribution in [0.4, 0.5) is 0 Å². The highest BCUT2D eigenvalue weighted by atomic mass is 16.2. The molecule has 0 bridgehead atoms. The van der Waals surface area contributed by atoms with Crippen molar-refractivity contribution in [1.82, 2.24) is 14.5 Å². The maximum absolute atomic E-state index is 13.9. The first-order valence-electron chi connectivity index (χ1n) is 15.4. The Morgan fingerprint density at radius 3 is 2.14 bits per heavy atom. The van der Waals surface area contributed by atoms with E-state index in [9.17, 15) is 4.79 Å². The van der Waals surface area contributed by atoms with Gasteiger partial charge in [0.1, 0.15) is 11.7 Å². The number of hydrogen-bond donors (Lipinski definition) is 3. The number of nitrogens with two attached hydrogens (primary N) is 2. The Labute approximate surface area is 260 Å². The Bertz CT molecular complexity index is 1720. The maximum Gasteiger partial charge on any atom is 0.254 e. The number of rotatable bonds is 13. The quantitative estimate of drug-likeness (QED) is 0.110. The fourth-order valence-corrected chi connectivity index (χ4v) is 5.45. The Kier molecular flexibility index (Phi) is 9.87. The summed E-state index contributed by atoms with van der Waals surface area (Å²) in [4.78, 5) is 20.9. The third kappa shape index (κ3) is 7.41. The van der Waals surface area contributed by atoms with Crippen LogP contribution in [0, 0.1) is 12.3 Å². The number of amides is 1. The van der Waals surface area contributed by atoms with Crippen molar-refractivity contribution in [3.8, 4) is 0 Å². The summed E-state index contributed by atoms with van der Waals surface area (Å²) in [6, 6.07) is 30.5. The molecule has 4 aromatic carbocycles. The minimum atomic E-state index is 0.0171. The maximum atomic E-state index is 13.9. The van der Waals surface area contributed by atoms with Gasteiger partial charge in [0.2, 0.25) is 0 Å². The summed E-state index contributed by atoms with van der Waals surface area (Å²) in [5.74, 6) is 1.06. The Hall–Kier alpha value is -4.75. The first-order chi connectivity index (χ1) is 21.3. The zero-order valence-electron chi connectivity index (χ0n) is 25.7. The lowest BCUT2D eigenvalue weighted by Crippen LogP contribution is -2.31. The number of aromatic nitrogens is 2. The van der Waals surface area contributed by atoms with Gasteiger partial charge in [-0.15, -0.1) is 0 Å². The third-order valence-electron chi connectivity index (χ3n) is 8.14. The largest absolute Gasteiger partial charge is 0.384 e. The van der Waals surface area contributed by atoms with Gasteiger partial charge in [0, 0.05) is 43.7 Å². The predicted molar refractivity (Wildman–Crippen MR) is 179 cm³/mol. The molecule has 0 spiro atoms. The Morgan fingerprint density at radius 1 is 0.841 bits per heavy atom. The van der Waals surface area contributed by atoms with Crippen LogP contribution in [0.25, 0.3) is 11.0 Å². The van der Waals surface area contributed by atoms with E-state index < -0.39 is 0 Å². The Balaban J connectivity index is 1.44. The van der Waals surface area contributed by atoms with E-state index >= 15 is 0 Å². The molecule has 5 aromatic rings. The van der Waals surface area contributed by atoms with Gasteiger partial charge >= 0.3 is 0 Å². The highest BCUT2D eigenvalue weighted by Gasteiger charge is 2.19. The summed E-state index contributed by atoms with van der Waals surface area (Å²) in [5, 5.41) is 7.66. The highest BCUT2D eigenvalue weighted by Crippen LogP contribution is 2.23. The predicted octanol–water partition coefficient (Wildman–Crippen LogP) is 6.36. The normalized spacial score (nSPS) is 11.2. The van der Waals surface area contributed by atoms with Crippen molar-refractivity contribution in [2.45, 2.75) is 59.2 Å². The first kappa shape index (κ1) is 30.7. The molecule has 5 N–H and O–H groups in total. The van der Waals surface area contributed by atoms with Gasteiger partial charge in [-0.1, -0.05) is 91.7 Å². The van der Waals surface area contributed by atoms with Gasteiger partial charge in [0.05, 0.1) is 11.0 Å². The molecule has 0 saturated heterocycles. The number of unbranched alkanes of at least 4 members (excludes halogenated alkanes) is 1. The summed E-state index contributed by atoms with van der Waals surface area (Å²) >= 11 is 0. The van der Waals surface area contributed by atoms with E-state index in [-0.39, 0.29) is 11.7 Å². The summed E-state index contributed by atoms with van der Waals surface area (Å²) in [7, 11) is 0. The van der Waals surface area contributed by atoms with Crippen LogP contribution in [0.5, 0.6) is 0 Å². The van der Waals surface area contributed by atoms with Crippen LogP contribution in [0.15, 0.2) is 91.0 Å². The lowest BCUT2D eigenvalue weighted by Gasteiger charge is -2.23. The number of benzene rings is 4. The molecule has 0 radical (unpaired) electrons. The van der Waals surface area contributed by atoms with E-state index in [1.54, 1.807) is 0 Å². The van der Waals surface area contributed by atoms with Gasteiger partial charge in [-0.2, -0.15) is 0 Å². The number of nitrogens with one attached hydrogen (secondary N) is 1. The molecule has 226 valence electrons. The lowest BCUT2D eigenvalue weighted by molar-refractivity contribution is 0.0741. The second-order valence-corrected chi connectivity index (χ2v) is 11.5. The third-order valence-corrected chi connectivity index (χ3v) is 8.14. The summed E-state index contributed by atoms with van der Waals surface area (Å²) in [6.45, 7) is 6.69. The standard InChI is InChI=1S/C37H42N6O/c1-3-4-21-42(24-29-11-9-28(23-38)10-12-29)37(44)32-18-19-34-33(22-32)41-35(43(34)25-30-7-5-26(2)6-8-30)20-15-27-13-16-31(17-14-27)36(39)40/h5-14,16-19,22H,3-4,15,20-21,23-25,38H2,1-2H3,(H3,39,40). The van der Waals surface area contributed by atoms with Gasteiger partial charge in [0.15, 0.2) is 0 Å². The molecule has 0 unspecified atom stereocenters. The van der Waals surface area contributed by atoms with E-state index in [2.05, 4.69) is 54.8 Å². The Morgan fingerprint density at radius 2 is 1.48 bits per heavy atom. The molecule has 1 aromatic heterocycles. The SMILES string of the molecule is CCCCN(Cc1ccc(CN)cc1)C(=O)c1ccc2c(c1)nc(CCc1ccc(C(=N)N)cc1)n2Cc1ccc(C)cc1. The van der Waals surface area contributed by atoms with Crippen molar-refractivity contribution in [2.75, 3.05) is 6.54 Å². The summed E-state index contributed by atoms with van der Waals surface area (Å²) in [5.41, 5.74) is 20.4. The van der Waals surface area contributed by atoms with E-state index in [4.69, 9.17) is 21.9 Å². The van der Waals surface area contributed by atoms with E-state index in [0.717, 1.165) is 64.8 Å². The van der Waals surface area contributed by atoms with Crippen molar-refractivity contribution in [1.29, 1.82) is 5.41 Å². The summed E-state index contributed by atoms with van der Waals surface area (Å²) in [6.07, 6.45) is 3.50. The van der Waals surface area contributed by atoms with Crippen molar-refractivity contribution in [2.24, 2.45) is 11.5 Å². The topological polar surface area (TPSA) is 114 Å². The van der Waals surface area contributed by atoms with Crippen LogP contribution >= 0.6 is 0 Å². The molecule has 7 nitrogen and oxygen atoms in total. The molecular weight excluding hydrogens is 544 g/mol. The van der Waals surface area contributed by atoms with E-state index in [1.165, 1.54) is 11.1 Å². The molecule has 44 heavy (non-hydrogen) atoms. The first-order valence-corrected chi connectivity index (χ1v) is 15.4. The number of hydrogen-bond acceptors (Lipinski definition) is 4. The number of carbonyl (C=O) groups excluding carboxylic acids is 1. The minimum absolute atomic E-state index is 0.0171. The molecule has 1 amide bonds. The number of nitrogen functional groups attached to an aromatic ring is 1. The summed E-state index contributed by atoms with van der Waals surface area (Å²) < 4.78 is 2.27. The van der Waals surface area contributed by atoms with E-state index in [1.807, 2.05) is 59.5 Å². The number of aryl methyl sites for hydroxylation is 3. The fraction of sp³-hybridized carbons (Fsp3) is 0.270. The number of imidazole rings is 1. The molecule has 1 heterocycles. The molecule has 0 aliphatic heterocycles. The molecule has 0 saturated carbocycles. The van der Waals surface area contributed by atoms with Crippen molar-refractivity contribution in [3.05, 3.63) is 136 Å². The zero-order chi connectivity index (χ0) is 31.1. The van der Waals surface area contributed by atoms with Gasteiger partial charge < -0.3 is 20.9 Å². The fourth-order valence-electron chi connectivity index (χ4n) is 5.45. The van der Waals surface area contributed by atoms with Gasteiger partial charge in [-0.05, 0) is 60.2 Å². The van der Waals surface area contributed by atoms with Crippen LogP contribution in [-0.4, -0.2) is 32.7 Å². The highest BCUT2D eigenvalue weighted by molar-refractivity contribution is 5.97. The van der Waals surface area contributed by atoms with Gasteiger partial charge in [0.25, 0.3) is 5.91 Å². The molecule has 0 fully saturated rings. The monoisotopic (exact) mass is 586 g/mol. The van der Waals surface area contributed by atoms with Gasteiger partial charge in [-0.3, -0.25) is 10.2 Å². The minimum Gasteiger partial charge on any atom is -0.384 e. The van der Waals surface area contributed by atoms with Crippen LogP contribution in [0.3, 0.4) is 0 Å². The molecule has 5 rings (SSSR count). The van der Waals surface area contributed by atoms with Crippen molar-refractivity contribution in [3.63, 3.8) is 0 Å². The molecular formula is C37H42N6O. The van der Waals surface area contributed by atoms with Crippen molar-refractivity contribution < 1.29 is 4.79 Å². The van der Waals surface area contributed by atoms with E-state index in [0.29, 0.717) is 31.7 Å². The molecule has 0 aliphatic rings. The van der Waals surface area contributed by atoms with Gasteiger partial charge in [-0.25, -0.2) is 4.98 Å². The number of amidine groups is 1. The molecule has 7 heteroatoms. The molecule has 0 atom stereocenters. The number of fused-ring (bicyclic) bond motifs is 1. The van der Waals surface area contributed by atoms with Crippen LogP contribution in [-0.2, 0) is 32.5 Å². The van der Waals surface area contributed by atoms with Crippen LogP contribution < -0.4 is 11.5 Å². The zero-order valence-corrected chi connectivity index (χ0v) is 25.7. The van der Waals surface area contributed by atoms with Crippen molar-refractivity contribution >= 4 is 22.8 Å². The smallest absolute Gasteiger partial charge is 0.254 e.